The normalized spacial score (nSPS) is 16.2. The zero-order valence-electron chi connectivity index (χ0n) is 45.9. The Kier molecular flexibility index (Phi) is 17.6. The molecule has 0 bridgehead atoms. The average molecular weight is 1170 g/mol. The molecule has 2 aliphatic rings. The van der Waals surface area contributed by atoms with Crippen LogP contribution in [0.1, 0.15) is 141 Å². The largest absolute Gasteiger partial charge is 0.512 e. The zero-order valence-corrected chi connectivity index (χ0v) is 48.3. The Morgan fingerprint density at radius 1 is 0.797 bits per heavy atom. The maximum absolute atomic E-state index is 15.0. The number of rotatable bonds is 8. The standard InChI is InChI=1S/C27H23FNO.C20H21N2.C19H32O2.Ir/c1-16-11-21-19-7-5-6-8-24(19)30-26(21)22(12-16)25-20-14-23(28)18(15-27(2,3)4)13-17(20)9-10-29-25;1-13(2)8-16-6-5-7-18-20(16)21-12-19(22-18)17-10-14(3)9-15(4)11-17;1-18(2)9-5-14(6-10-18)16(20)13-17(21)15-7-11-19(3,4)12-8-15;/h5-11,13-14H,15H2,1-4H3;5-7,9-10,12-13H,8H2,1-4H3;13-15,20H,5-12H2,1-4H3;/q2*-1;;/b;;16-13-;. The molecule has 2 fully saturated rings. The summed E-state index contributed by atoms with van der Waals surface area (Å²) < 4.78 is 21.2. The van der Waals surface area contributed by atoms with Crippen LogP contribution < -0.4 is 0 Å². The molecule has 3 aromatic heterocycles. The average Bonchev–Trinajstić information content (AvgIpc) is 3.69. The van der Waals surface area contributed by atoms with Gasteiger partial charge in [0, 0.05) is 61.5 Å². The summed E-state index contributed by atoms with van der Waals surface area (Å²) in [6, 6.07) is 32.9. The Bertz CT molecular complexity index is 3280. The van der Waals surface area contributed by atoms with Crippen LogP contribution in [0, 0.1) is 72.7 Å². The Balaban J connectivity index is 0.000000165. The second-order valence-corrected chi connectivity index (χ2v) is 24.5. The SMILES string of the molecule is CC1(C)CCC(C(=O)/C=C(\O)C2CCC(C)(C)CC2)CC1.Cc1[c-]c(-c2cnc3c(CC(C)C)cccc3n2)cc(C)c1.Cc1[c-]c(-c2nccc3cc(CC(C)(C)C)c(F)cc23)c2oc3ccccc3c2c1.[Ir]. The number of aromatic nitrogens is 3. The van der Waals surface area contributed by atoms with Crippen LogP contribution in [0.15, 0.2) is 108 Å². The predicted octanol–water partition coefficient (Wildman–Crippen LogP) is 18.0. The molecule has 3 heterocycles. The van der Waals surface area contributed by atoms with Crippen LogP contribution in [0.4, 0.5) is 4.39 Å². The van der Waals surface area contributed by atoms with Gasteiger partial charge in [0.15, 0.2) is 5.78 Å². The van der Waals surface area contributed by atoms with Gasteiger partial charge in [0.1, 0.15) is 11.4 Å². The Morgan fingerprint density at radius 3 is 2.12 bits per heavy atom. The van der Waals surface area contributed by atoms with Gasteiger partial charge in [-0.1, -0.05) is 124 Å². The molecule has 0 saturated heterocycles. The summed E-state index contributed by atoms with van der Waals surface area (Å²) in [6.45, 7) is 26.1. The molecule has 1 radical (unpaired) electrons. The fraction of sp³-hybridized carbons (Fsp3) is 0.424. The number of nitrogens with zero attached hydrogens (tertiary/aromatic N) is 3. The van der Waals surface area contributed by atoms with Crippen molar-refractivity contribution in [3.63, 3.8) is 0 Å². The summed E-state index contributed by atoms with van der Waals surface area (Å²) in [5.74, 6) is 1.27. The number of furan rings is 1. The number of para-hydroxylation sites is 2. The van der Waals surface area contributed by atoms with Crippen molar-refractivity contribution in [1.82, 2.24) is 15.0 Å². The van der Waals surface area contributed by atoms with E-state index in [9.17, 15) is 9.90 Å². The first-order valence-corrected chi connectivity index (χ1v) is 26.6. The Morgan fingerprint density at radius 2 is 1.46 bits per heavy atom. The van der Waals surface area contributed by atoms with E-state index in [1.807, 2.05) is 49.5 Å². The van der Waals surface area contributed by atoms with E-state index in [0.717, 1.165) is 135 Å². The van der Waals surface area contributed by atoms with Gasteiger partial charge in [0.25, 0.3) is 0 Å². The molecule has 8 aromatic rings. The number of aryl methyl sites for hydroxylation is 3. The molecule has 5 aromatic carbocycles. The van der Waals surface area contributed by atoms with E-state index in [4.69, 9.17) is 9.40 Å². The third kappa shape index (κ3) is 13.8. The minimum absolute atomic E-state index is 0. The zero-order chi connectivity index (χ0) is 52.4. The quantitative estimate of drug-likeness (QED) is 0.0926. The first-order chi connectivity index (χ1) is 34.5. The molecule has 0 spiro atoms. The Labute approximate surface area is 453 Å². The third-order valence-corrected chi connectivity index (χ3v) is 14.9. The van der Waals surface area contributed by atoms with Gasteiger partial charge in [-0.2, -0.15) is 0 Å². The summed E-state index contributed by atoms with van der Waals surface area (Å²) >= 11 is 0. The second-order valence-electron chi connectivity index (χ2n) is 24.5. The van der Waals surface area contributed by atoms with Crippen LogP contribution >= 0.6 is 0 Å². The third-order valence-electron chi connectivity index (χ3n) is 14.9. The molecule has 391 valence electrons. The number of hydrogen-bond donors (Lipinski definition) is 1. The first kappa shape index (κ1) is 56.2. The number of carbonyl (C=O) groups excluding carboxylic acids is 1. The Hall–Kier alpha value is -5.56. The first-order valence-electron chi connectivity index (χ1n) is 26.6. The molecule has 0 unspecified atom stereocenters. The summed E-state index contributed by atoms with van der Waals surface area (Å²) in [4.78, 5) is 26.5. The molecular formula is C66H76FIrN3O3-2. The van der Waals surface area contributed by atoms with Crippen LogP contribution in [-0.4, -0.2) is 25.8 Å². The van der Waals surface area contributed by atoms with E-state index in [1.54, 1.807) is 18.3 Å². The maximum atomic E-state index is 15.0. The van der Waals surface area contributed by atoms with Crippen LogP contribution in [0.5, 0.6) is 0 Å². The molecule has 10 rings (SSSR count). The van der Waals surface area contributed by atoms with E-state index < -0.39 is 0 Å². The van der Waals surface area contributed by atoms with E-state index >= 15 is 4.39 Å². The van der Waals surface area contributed by atoms with Gasteiger partial charge in [-0.15, -0.1) is 52.6 Å². The number of halogens is 1. The predicted molar refractivity (Wildman–Crippen MR) is 300 cm³/mol. The van der Waals surface area contributed by atoms with Crippen molar-refractivity contribution in [3.8, 4) is 22.5 Å². The van der Waals surface area contributed by atoms with E-state index in [0.29, 0.717) is 34.6 Å². The van der Waals surface area contributed by atoms with Crippen molar-refractivity contribution in [1.29, 1.82) is 0 Å². The van der Waals surface area contributed by atoms with Gasteiger partial charge < -0.3 is 14.5 Å². The maximum Gasteiger partial charge on any atom is 0.162 e. The number of benzene rings is 5. The fourth-order valence-corrected chi connectivity index (χ4v) is 10.8. The minimum atomic E-state index is -0.194. The van der Waals surface area contributed by atoms with Crippen molar-refractivity contribution in [2.75, 3.05) is 0 Å². The summed E-state index contributed by atoms with van der Waals surface area (Å²) in [5.41, 5.74) is 13.1. The van der Waals surface area contributed by atoms with Crippen LogP contribution in [0.3, 0.4) is 0 Å². The molecule has 2 saturated carbocycles. The molecular weight excluding hydrogens is 1090 g/mol. The minimum Gasteiger partial charge on any atom is -0.512 e. The molecule has 0 aliphatic heterocycles. The number of fused-ring (bicyclic) bond motifs is 5. The van der Waals surface area contributed by atoms with Gasteiger partial charge in [0.05, 0.1) is 22.4 Å². The number of hydrogen-bond acceptors (Lipinski definition) is 6. The summed E-state index contributed by atoms with van der Waals surface area (Å²) in [6.07, 6.45) is 15.4. The summed E-state index contributed by atoms with van der Waals surface area (Å²) in [5, 5.41) is 14.1. The van der Waals surface area contributed by atoms with Gasteiger partial charge in [-0.3, -0.25) is 14.8 Å². The number of aliphatic hydroxyl groups is 1. The molecule has 0 amide bonds. The van der Waals surface area contributed by atoms with Crippen LogP contribution in [-0.2, 0) is 37.7 Å². The van der Waals surface area contributed by atoms with Gasteiger partial charge >= 0.3 is 0 Å². The molecule has 8 heteroatoms. The van der Waals surface area contributed by atoms with E-state index in [1.165, 1.54) is 11.1 Å². The molecule has 0 atom stereocenters. The topological polar surface area (TPSA) is 89.1 Å². The van der Waals surface area contributed by atoms with Crippen molar-refractivity contribution in [3.05, 3.63) is 149 Å². The van der Waals surface area contributed by atoms with Gasteiger partial charge in [-0.25, -0.2) is 4.39 Å². The molecule has 1 N–H and O–H groups in total. The van der Waals surface area contributed by atoms with Crippen molar-refractivity contribution in [2.24, 2.45) is 34.0 Å². The van der Waals surface area contributed by atoms with Crippen molar-refractivity contribution >= 4 is 49.5 Å². The smallest absolute Gasteiger partial charge is 0.162 e. The van der Waals surface area contributed by atoms with Crippen LogP contribution in [0.25, 0.3) is 66.3 Å². The fourth-order valence-electron chi connectivity index (χ4n) is 10.8. The number of carbonyl (C=O) groups is 1. The number of ketones is 1. The molecule has 74 heavy (non-hydrogen) atoms. The number of allylic oxidation sites excluding steroid dienone is 2. The van der Waals surface area contributed by atoms with Gasteiger partial charge in [-0.05, 0) is 144 Å². The number of aliphatic hydroxyl groups excluding tert-OH is 1. The van der Waals surface area contributed by atoms with Gasteiger partial charge in [0.2, 0.25) is 0 Å². The molecule has 2 aliphatic carbocycles. The van der Waals surface area contributed by atoms with Crippen molar-refractivity contribution in [2.45, 2.75) is 147 Å². The second kappa shape index (κ2) is 23.1. The van der Waals surface area contributed by atoms with E-state index in [-0.39, 0.29) is 49.0 Å². The monoisotopic (exact) mass is 1170 g/mol. The van der Waals surface area contributed by atoms with E-state index in [2.05, 4.69) is 135 Å². The number of pyridine rings is 1. The van der Waals surface area contributed by atoms with Crippen LogP contribution in [0.2, 0.25) is 0 Å². The molecule has 6 nitrogen and oxygen atoms in total. The summed E-state index contributed by atoms with van der Waals surface area (Å²) in [7, 11) is 0. The van der Waals surface area contributed by atoms with Crippen molar-refractivity contribution < 1.29 is 38.8 Å².